The Morgan fingerprint density at radius 2 is 1.68 bits per heavy atom. The summed E-state index contributed by atoms with van der Waals surface area (Å²) in [6, 6.07) is 5.06. The molecule has 16 heteroatoms. The predicted octanol–water partition coefficient (Wildman–Crippen LogP) is 7.13. The van der Waals surface area contributed by atoms with Crippen LogP contribution in [0.4, 0.5) is 26.7 Å². The normalized spacial score (nSPS) is 14.5. The van der Waals surface area contributed by atoms with E-state index >= 15 is 0 Å². The molecular formula is C31H36ClF5N4O6. The highest BCUT2D eigenvalue weighted by atomic mass is 35.5. The van der Waals surface area contributed by atoms with Gasteiger partial charge in [0.15, 0.2) is 11.4 Å². The van der Waals surface area contributed by atoms with Crippen molar-refractivity contribution in [3.8, 4) is 5.75 Å². The number of aliphatic carboxylic acids is 1. The number of aromatic nitrogens is 2. The van der Waals surface area contributed by atoms with Crippen LogP contribution in [-0.4, -0.2) is 56.3 Å². The van der Waals surface area contributed by atoms with Crippen molar-refractivity contribution in [2.75, 3.05) is 6.54 Å². The number of carboxylic acid groups (broad SMARTS) is 1. The van der Waals surface area contributed by atoms with E-state index in [1.807, 2.05) is 20.8 Å². The first-order valence-corrected chi connectivity index (χ1v) is 15.0. The third kappa shape index (κ3) is 10.4. The Labute approximate surface area is 272 Å². The van der Waals surface area contributed by atoms with Gasteiger partial charge in [-0.3, -0.25) is 9.20 Å². The first-order valence-electron chi connectivity index (χ1n) is 14.7. The third-order valence-corrected chi connectivity index (χ3v) is 7.39. The lowest BCUT2D eigenvalue weighted by Gasteiger charge is -2.38. The molecule has 1 aromatic carbocycles. The number of carbonyl (C=O) groups is 3. The molecule has 1 fully saturated rings. The number of halogens is 6. The van der Waals surface area contributed by atoms with Crippen LogP contribution in [0.15, 0.2) is 30.5 Å². The van der Waals surface area contributed by atoms with Crippen LogP contribution in [0.25, 0.3) is 5.65 Å². The molecule has 2 aromatic heterocycles. The SMILES string of the molecule is Cc1nc2c(OCc3c(F)cccc3F)cc(Cl)cn2c1C(=O)NCCC1(NC(=O)OC(C)(C)C)CCCCC1.O=C(O)C(F)(F)F. The maximum atomic E-state index is 14.1. The fourth-order valence-corrected chi connectivity index (χ4v) is 5.28. The fraction of sp³-hybridized carbons (Fsp3) is 0.484. The summed E-state index contributed by atoms with van der Waals surface area (Å²) in [5.74, 6) is -4.40. The quantitative estimate of drug-likeness (QED) is 0.214. The van der Waals surface area contributed by atoms with Crippen molar-refractivity contribution >= 4 is 35.2 Å². The molecule has 0 unspecified atom stereocenters. The van der Waals surface area contributed by atoms with Gasteiger partial charge in [-0.1, -0.05) is 36.9 Å². The molecule has 1 aliphatic carbocycles. The second-order valence-corrected chi connectivity index (χ2v) is 12.5. The molecule has 3 N–H and O–H groups in total. The van der Waals surface area contributed by atoms with E-state index in [4.69, 9.17) is 31.0 Å². The van der Waals surface area contributed by atoms with Crippen molar-refractivity contribution < 1.29 is 50.9 Å². The van der Waals surface area contributed by atoms with E-state index in [1.165, 1.54) is 22.7 Å². The lowest BCUT2D eigenvalue weighted by molar-refractivity contribution is -0.192. The van der Waals surface area contributed by atoms with Crippen molar-refractivity contribution in [2.45, 2.75) is 90.1 Å². The van der Waals surface area contributed by atoms with Crippen LogP contribution in [0.5, 0.6) is 5.75 Å². The number of ether oxygens (including phenoxy) is 2. The van der Waals surface area contributed by atoms with Gasteiger partial charge in [0, 0.05) is 24.3 Å². The molecule has 0 saturated heterocycles. The van der Waals surface area contributed by atoms with E-state index in [2.05, 4.69) is 15.6 Å². The Morgan fingerprint density at radius 3 is 2.23 bits per heavy atom. The molecule has 0 spiro atoms. The monoisotopic (exact) mass is 690 g/mol. The number of nitrogens with zero attached hydrogens (tertiary/aromatic N) is 2. The number of amides is 2. The second-order valence-electron chi connectivity index (χ2n) is 12.0. The van der Waals surface area contributed by atoms with Crippen LogP contribution in [-0.2, 0) is 16.1 Å². The smallest absolute Gasteiger partial charge is 0.485 e. The van der Waals surface area contributed by atoms with Gasteiger partial charge in [-0.05, 0) is 59.1 Å². The van der Waals surface area contributed by atoms with Crippen LogP contribution in [0.3, 0.4) is 0 Å². The number of nitrogens with one attached hydrogen (secondary N) is 2. The summed E-state index contributed by atoms with van der Waals surface area (Å²) in [6.45, 7) is 7.08. The summed E-state index contributed by atoms with van der Waals surface area (Å²) < 4.78 is 72.6. The van der Waals surface area contributed by atoms with Gasteiger partial charge in [-0.25, -0.2) is 23.4 Å². The minimum Gasteiger partial charge on any atom is -0.485 e. The third-order valence-electron chi connectivity index (χ3n) is 7.18. The number of aryl methyl sites for hydroxylation is 1. The topological polar surface area (TPSA) is 131 Å². The van der Waals surface area contributed by atoms with Gasteiger partial charge in [0.25, 0.3) is 5.91 Å². The number of fused-ring (bicyclic) bond motifs is 1. The average molecular weight is 691 g/mol. The zero-order valence-corrected chi connectivity index (χ0v) is 27.0. The van der Waals surface area contributed by atoms with Crippen molar-refractivity contribution in [3.05, 3.63) is 64.1 Å². The molecule has 47 heavy (non-hydrogen) atoms. The summed E-state index contributed by atoms with van der Waals surface area (Å²) in [5, 5.41) is 13.4. The highest BCUT2D eigenvalue weighted by Gasteiger charge is 2.38. The van der Waals surface area contributed by atoms with E-state index in [0.29, 0.717) is 24.3 Å². The number of pyridine rings is 1. The van der Waals surface area contributed by atoms with Crippen molar-refractivity contribution in [1.29, 1.82) is 0 Å². The fourth-order valence-electron chi connectivity index (χ4n) is 5.08. The number of carbonyl (C=O) groups excluding carboxylic acids is 2. The molecule has 258 valence electrons. The zero-order chi connectivity index (χ0) is 35.2. The number of hydrogen-bond donors (Lipinski definition) is 3. The number of hydrogen-bond acceptors (Lipinski definition) is 6. The molecule has 2 heterocycles. The van der Waals surface area contributed by atoms with Crippen LogP contribution in [0.1, 0.15) is 81.0 Å². The van der Waals surface area contributed by atoms with Crippen LogP contribution >= 0.6 is 11.6 Å². The predicted molar refractivity (Wildman–Crippen MR) is 161 cm³/mol. The van der Waals surface area contributed by atoms with E-state index in [-0.39, 0.29) is 34.5 Å². The van der Waals surface area contributed by atoms with Gasteiger partial charge in [-0.2, -0.15) is 13.2 Å². The van der Waals surface area contributed by atoms with Crippen molar-refractivity contribution in [3.63, 3.8) is 0 Å². The van der Waals surface area contributed by atoms with E-state index in [9.17, 15) is 31.5 Å². The number of rotatable bonds is 8. The van der Waals surface area contributed by atoms with E-state index < -0.39 is 41.0 Å². The Kier molecular flexibility index (Phi) is 12.1. The molecule has 0 aliphatic heterocycles. The summed E-state index contributed by atoms with van der Waals surface area (Å²) in [6.07, 6.45) is 1.19. The highest BCUT2D eigenvalue weighted by Crippen LogP contribution is 2.32. The maximum Gasteiger partial charge on any atom is 0.490 e. The number of carboxylic acids is 1. The number of benzene rings is 1. The first-order chi connectivity index (χ1) is 21.8. The van der Waals surface area contributed by atoms with Crippen molar-refractivity contribution in [2.24, 2.45) is 0 Å². The molecule has 10 nitrogen and oxygen atoms in total. The van der Waals surface area contributed by atoms with Crippen molar-refractivity contribution in [1.82, 2.24) is 20.0 Å². The van der Waals surface area contributed by atoms with Gasteiger partial charge in [0.05, 0.1) is 16.3 Å². The molecule has 3 aromatic rings. The number of imidazole rings is 1. The minimum absolute atomic E-state index is 0.181. The Hall–Kier alpha value is -4.14. The van der Waals surface area contributed by atoms with Gasteiger partial charge in [0.1, 0.15) is 29.5 Å². The molecule has 1 saturated carbocycles. The maximum absolute atomic E-state index is 14.1. The van der Waals surface area contributed by atoms with Gasteiger partial charge >= 0.3 is 18.2 Å². The molecule has 0 atom stereocenters. The molecule has 0 bridgehead atoms. The summed E-state index contributed by atoms with van der Waals surface area (Å²) >= 11 is 6.31. The summed E-state index contributed by atoms with van der Waals surface area (Å²) in [4.78, 5) is 39.2. The minimum atomic E-state index is -5.08. The molecule has 0 radical (unpaired) electrons. The first kappa shape index (κ1) is 37.3. The highest BCUT2D eigenvalue weighted by molar-refractivity contribution is 6.30. The van der Waals surface area contributed by atoms with E-state index in [1.54, 1.807) is 6.92 Å². The van der Waals surface area contributed by atoms with Gasteiger partial charge in [-0.15, -0.1) is 0 Å². The summed E-state index contributed by atoms with van der Waals surface area (Å²) in [5.41, 5.74) is -0.313. The standard InChI is InChI=1S/C29H35ClF2N4O4.C2HF3O2/c1-18-24(26(37)33-14-13-29(11-6-5-7-12-29)35-27(38)40-28(2,3)4)36-16-19(30)15-23(25(36)34-18)39-17-20-21(31)9-8-10-22(20)32;3-2(4,5)1(6)7/h8-10,15-16H,5-7,11-14,17H2,1-4H3,(H,33,37)(H,35,38);(H,6,7). The zero-order valence-electron chi connectivity index (χ0n) is 26.2. The lowest BCUT2D eigenvalue weighted by Crippen LogP contribution is -2.52. The second kappa shape index (κ2) is 15.2. The Bertz CT molecular complexity index is 1580. The van der Waals surface area contributed by atoms with Crippen LogP contribution in [0.2, 0.25) is 5.02 Å². The lowest BCUT2D eigenvalue weighted by atomic mass is 9.79. The van der Waals surface area contributed by atoms with Crippen LogP contribution < -0.4 is 15.4 Å². The Balaban J connectivity index is 0.000000771. The van der Waals surface area contributed by atoms with E-state index in [0.717, 1.165) is 44.2 Å². The largest absolute Gasteiger partial charge is 0.490 e. The number of alkyl carbamates (subject to hydrolysis) is 1. The van der Waals surface area contributed by atoms with Crippen LogP contribution in [0, 0.1) is 18.6 Å². The molecular weight excluding hydrogens is 655 g/mol. The number of alkyl halides is 3. The van der Waals surface area contributed by atoms with Gasteiger partial charge < -0.3 is 25.2 Å². The Morgan fingerprint density at radius 1 is 1.09 bits per heavy atom. The summed E-state index contributed by atoms with van der Waals surface area (Å²) in [7, 11) is 0. The molecule has 4 rings (SSSR count). The molecule has 1 aliphatic rings. The molecule has 2 amide bonds. The van der Waals surface area contributed by atoms with Gasteiger partial charge in [0.2, 0.25) is 0 Å². The average Bonchev–Trinajstić information content (AvgIpc) is 3.27.